The van der Waals surface area contributed by atoms with E-state index >= 15 is 0 Å². The lowest BCUT2D eigenvalue weighted by Gasteiger charge is -2.00. The van der Waals surface area contributed by atoms with E-state index in [-0.39, 0.29) is 0 Å². The molecule has 0 bridgehead atoms. The molecule has 0 aliphatic heterocycles. The summed E-state index contributed by atoms with van der Waals surface area (Å²) in [6.45, 7) is 0. The summed E-state index contributed by atoms with van der Waals surface area (Å²) in [5.41, 5.74) is 2.18. The van der Waals surface area contributed by atoms with E-state index in [4.69, 9.17) is 27.6 Å². The molecule has 1 aromatic heterocycles. The Balaban J connectivity index is 1.96. The van der Waals surface area contributed by atoms with Gasteiger partial charge in [-0.1, -0.05) is 53.5 Å². The molecule has 2 nitrogen and oxygen atoms in total. The maximum absolute atomic E-state index is 9.34. The van der Waals surface area contributed by atoms with Crippen LogP contribution in [0.2, 0.25) is 10.0 Å². The molecule has 0 N–H and O–H groups in total. The van der Waals surface area contributed by atoms with Gasteiger partial charge in [-0.2, -0.15) is 5.26 Å². The fourth-order valence-electron chi connectivity index (χ4n) is 2.22. The van der Waals surface area contributed by atoms with Crippen LogP contribution < -0.4 is 0 Å². The third-order valence-corrected chi connectivity index (χ3v) is 3.70. The van der Waals surface area contributed by atoms with Gasteiger partial charge in [0.15, 0.2) is 0 Å². The first-order chi connectivity index (χ1) is 11.2. The molecule has 4 heteroatoms. The molecule has 112 valence electrons. The van der Waals surface area contributed by atoms with Crippen LogP contribution in [0.15, 0.2) is 65.1 Å². The highest BCUT2D eigenvalue weighted by Crippen LogP contribution is 2.29. The van der Waals surface area contributed by atoms with Gasteiger partial charge in [-0.15, -0.1) is 0 Å². The van der Waals surface area contributed by atoms with Crippen molar-refractivity contribution < 1.29 is 4.42 Å². The Kier molecular flexibility index (Phi) is 4.52. The summed E-state index contributed by atoms with van der Waals surface area (Å²) in [4.78, 5) is 0. The molecule has 0 aliphatic carbocycles. The lowest BCUT2D eigenvalue weighted by Crippen LogP contribution is -1.79. The normalized spacial score (nSPS) is 11.3. The molecule has 0 saturated carbocycles. The molecule has 0 radical (unpaired) electrons. The summed E-state index contributed by atoms with van der Waals surface area (Å²) in [6, 6.07) is 20.5. The van der Waals surface area contributed by atoms with E-state index in [0.29, 0.717) is 27.1 Å². The summed E-state index contributed by atoms with van der Waals surface area (Å²) < 4.78 is 5.79. The lowest BCUT2D eigenvalue weighted by atomic mass is 10.1. The van der Waals surface area contributed by atoms with Gasteiger partial charge in [0.05, 0.1) is 11.6 Å². The van der Waals surface area contributed by atoms with Crippen molar-refractivity contribution in [1.29, 1.82) is 5.26 Å². The zero-order valence-electron chi connectivity index (χ0n) is 12.0. The highest BCUT2D eigenvalue weighted by atomic mass is 35.5. The number of hydrogen-bond acceptors (Lipinski definition) is 2. The standard InChI is InChI=1S/C19H11Cl2NO/c20-16-8-14(9-17(21)11-16)19-7-6-18(23-19)10-15(12-22)13-4-2-1-3-5-13/h1-11H. The Morgan fingerprint density at radius 2 is 1.65 bits per heavy atom. The van der Waals surface area contributed by atoms with Gasteiger partial charge in [0.25, 0.3) is 0 Å². The number of hydrogen-bond donors (Lipinski definition) is 0. The van der Waals surface area contributed by atoms with Crippen molar-refractivity contribution in [2.24, 2.45) is 0 Å². The van der Waals surface area contributed by atoms with E-state index in [2.05, 4.69) is 6.07 Å². The Bertz CT molecular complexity index is 884. The monoisotopic (exact) mass is 339 g/mol. The van der Waals surface area contributed by atoms with Crippen molar-refractivity contribution in [3.8, 4) is 17.4 Å². The van der Waals surface area contributed by atoms with E-state index in [1.807, 2.05) is 42.5 Å². The van der Waals surface area contributed by atoms with Crippen LogP contribution in [0.25, 0.3) is 23.0 Å². The van der Waals surface area contributed by atoms with Crippen molar-refractivity contribution in [3.63, 3.8) is 0 Å². The quantitative estimate of drug-likeness (QED) is 0.523. The van der Waals surface area contributed by atoms with Crippen LogP contribution in [0.4, 0.5) is 0 Å². The summed E-state index contributed by atoms with van der Waals surface area (Å²) in [7, 11) is 0. The minimum absolute atomic E-state index is 0.538. The van der Waals surface area contributed by atoms with Crippen molar-refractivity contribution >= 4 is 34.9 Å². The first-order valence-corrected chi connectivity index (χ1v) is 7.65. The fourth-order valence-corrected chi connectivity index (χ4v) is 2.75. The van der Waals surface area contributed by atoms with Crippen molar-refractivity contribution in [1.82, 2.24) is 0 Å². The highest BCUT2D eigenvalue weighted by molar-refractivity contribution is 6.35. The van der Waals surface area contributed by atoms with Gasteiger partial charge in [-0.3, -0.25) is 0 Å². The molecule has 0 fully saturated rings. The number of nitrogens with zero attached hydrogens (tertiary/aromatic N) is 1. The maximum Gasteiger partial charge on any atom is 0.134 e. The Morgan fingerprint density at radius 3 is 2.30 bits per heavy atom. The van der Waals surface area contributed by atoms with Gasteiger partial charge in [0.2, 0.25) is 0 Å². The molecule has 0 saturated heterocycles. The van der Waals surface area contributed by atoms with E-state index in [1.54, 1.807) is 24.3 Å². The molecular formula is C19H11Cl2NO. The molecule has 0 amide bonds. The predicted octanol–water partition coefficient (Wildman–Crippen LogP) is 6.32. The van der Waals surface area contributed by atoms with Crippen molar-refractivity contribution in [2.75, 3.05) is 0 Å². The van der Waals surface area contributed by atoms with Crippen LogP contribution >= 0.6 is 23.2 Å². The first kappa shape index (κ1) is 15.4. The predicted molar refractivity (Wildman–Crippen MR) is 94.1 cm³/mol. The minimum Gasteiger partial charge on any atom is -0.457 e. The Labute approximate surface area is 144 Å². The second-order valence-electron chi connectivity index (χ2n) is 4.90. The topological polar surface area (TPSA) is 36.9 Å². The number of halogens is 2. The zero-order valence-corrected chi connectivity index (χ0v) is 13.5. The van der Waals surface area contributed by atoms with Crippen LogP contribution in [-0.4, -0.2) is 0 Å². The van der Waals surface area contributed by atoms with Gasteiger partial charge in [0.1, 0.15) is 11.5 Å². The number of allylic oxidation sites excluding steroid dienone is 1. The average Bonchev–Trinajstić information content (AvgIpc) is 3.01. The molecule has 2 aromatic carbocycles. The van der Waals surface area contributed by atoms with Crippen LogP contribution in [-0.2, 0) is 0 Å². The Hall–Kier alpha value is -2.47. The molecule has 0 spiro atoms. The summed E-state index contributed by atoms with van der Waals surface area (Å²) in [6.07, 6.45) is 1.71. The third kappa shape index (κ3) is 3.65. The third-order valence-electron chi connectivity index (χ3n) is 3.27. The molecule has 1 heterocycles. The molecule has 0 aliphatic rings. The smallest absolute Gasteiger partial charge is 0.134 e. The largest absolute Gasteiger partial charge is 0.457 e. The molecular weight excluding hydrogens is 329 g/mol. The summed E-state index contributed by atoms with van der Waals surface area (Å²) >= 11 is 12.0. The van der Waals surface area contributed by atoms with E-state index in [0.717, 1.165) is 11.1 Å². The second-order valence-corrected chi connectivity index (χ2v) is 5.77. The second kappa shape index (κ2) is 6.75. The number of nitriles is 1. The van der Waals surface area contributed by atoms with Crippen molar-refractivity contribution in [2.45, 2.75) is 0 Å². The zero-order chi connectivity index (χ0) is 16.2. The van der Waals surface area contributed by atoms with Gasteiger partial charge in [-0.25, -0.2) is 0 Å². The average molecular weight is 340 g/mol. The summed E-state index contributed by atoms with van der Waals surface area (Å²) in [5, 5.41) is 10.4. The number of furan rings is 1. The molecule has 0 atom stereocenters. The molecule has 3 rings (SSSR count). The van der Waals surface area contributed by atoms with Crippen LogP contribution in [0.5, 0.6) is 0 Å². The van der Waals surface area contributed by atoms with E-state index < -0.39 is 0 Å². The van der Waals surface area contributed by atoms with Crippen LogP contribution in [0, 0.1) is 11.3 Å². The fraction of sp³-hybridized carbons (Fsp3) is 0. The minimum atomic E-state index is 0.538. The first-order valence-electron chi connectivity index (χ1n) is 6.89. The highest BCUT2D eigenvalue weighted by Gasteiger charge is 2.07. The van der Waals surface area contributed by atoms with Gasteiger partial charge >= 0.3 is 0 Å². The summed E-state index contributed by atoms with van der Waals surface area (Å²) in [5.74, 6) is 1.24. The molecule has 23 heavy (non-hydrogen) atoms. The van der Waals surface area contributed by atoms with Gasteiger partial charge in [0, 0.05) is 15.6 Å². The van der Waals surface area contributed by atoms with E-state index in [9.17, 15) is 5.26 Å². The Morgan fingerprint density at radius 1 is 0.957 bits per heavy atom. The maximum atomic E-state index is 9.34. The SMILES string of the molecule is N#CC(=Cc1ccc(-c2cc(Cl)cc(Cl)c2)o1)c1ccccc1. The van der Waals surface area contributed by atoms with E-state index in [1.165, 1.54) is 0 Å². The number of rotatable bonds is 3. The molecule has 0 unspecified atom stereocenters. The van der Waals surface area contributed by atoms with Gasteiger partial charge in [-0.05, 0) is 42.0 Å². The van der Waals surface area contributed by atoms with Crippen LogP contribution in [0.1, 0.15) is 11.3 Å². The van der Waals surface area contributed by atoms with Crippen LogP contribution in [0.3, 0.4) is 0 Å². The number of benzene rings is 2. The van der Waals surface area contributed by atoms with Gasteiger partial charge < -0.3 is 4.42 Å². The molecule has 3 aromatic rings. The van der Waals surface area contributed by atoms with Crippen molar-refractivity contribution in [3.05, 3.63) is 82.0 Å². The lowest BCUT2D eigenvalue weighted by molar-refractivity contribution is 0.572.